The van der Waals surface area contributed by atoms with Gasteiger partial charge in [0.05, 0.1) is 0 Å². The van der Waals surface area contributed by atoms with Crippen LogP contribution in [0.5, 0.6) is 0 Å². The number of halogens is 3. The van der Waals surface area contributed by atoms with Crippen LogP contribution < -0.4 is 5.32 Å². The molecule has 0 heterocycles. The van der Waals surface area contributed by atoms with Crippen LogP contribution in [0.1, 0.15) is 18.4 Å². The number of nitrogens with one attached hydrogen (secondary N) is 1. The standard InChI is InChI=1S/C12H12Cl2FNO/c13-10-6-8(15)2-1-7(10)5-11(14)12(17)16-9-3-4-9/h1-2,6,9,11H,3-5H2,(H,16,17). The third-order valence-corrected chi connectivity index (χ3v) is 3.33. The molecule has 1 amide bonds. The summed E-state index contributed by atoms with van der Waals surface area (Å²) in [5.41, 5.74) is 0.680. The number of alkyl halides is 1. The molecule has 2 rings (SSSR count). The van der Waals surface area contributed by atoms with Crippen LogP contribution in [0.25, 0.3) is 0 Å². The van der Waals surface area contributed by atoms with Crippen molar-refractivity contribution in [3.8, 4) is 0 Å². The van der Waals surface area contributed by atoms with Crippen LogP contribution in [0.3, 0.4) is 0 Å². The number of carbonyl (C=O) groups excluding carboxylic acids is 1. The van der Waals surface area contributed by atoms with Crippen molar-refractivity contribution >= 4 is 29.1 Å². The third kappa shape index (κ3) is 3.58. The Labute approximate surface area is 109 Å². The van der Waals surface area contributed by atoms with Gasteiger partial charge in [0.15, 0.2) is 0 Å². The number of hydrogen-bond acceptors (Lipinski definition) is 1. The second kappa shape index (κ2) is 5.23. The Hall–Kier alpha value is -0.800. The summed E-state index contributed by atoms with van der Waals surface area (Å²) in [5.74, 6) is -0.582. The molecule has 1 fully saturated rings. The van der Waals surface area contributed by atoms with E-state index in [1.54, 1.807) is 6.07 Å². The van der Waals surface area contributed by atoms with Crippen molar-refractivity contribution in [2.45, 2.75) is 30.7 Å². The summed E-state index contributed by atoms with van der Waals surface area (Å²) in [6.07, 6.45) is 2.35. The molecule has 5 heteroatoms. The van der Waals surface area contributed by atoms with Crippen LogP contribution in [0.4, 0.5) is 4.39 Å². The Morgan fingerprint density at radius 1 is 1.53 bits per heavy atom. The Kier molecular flexibility index (Phi) is 3.89. The maximum absolute atomic E-state index is 12.8. The first-order valence-corrected chi connectivity index (χ1v) is 6.26. The van der Waals surface area contributed by atoms with Gasteiger partial charge >= 0.3 is 0 Å². The normalized spacial score (nSPS) is 16.6. The first-order chi connectivity index (χ1) is 8.06. The van der Waals surface area contributed by atoms with Crippen molar-refractivity contribution in [2.24, 2.45) is 0 Å². The molecule has 2 nitrogen and oxygen atoms in total. The minimum atomic E-state index is -0.668. The topological polar surface area (TPSA) is 29.1 Å². The minimum absolute atomic E-state index is 0.186. The van der Waals surface area contributed by atoms with Gasteiger partial charge in [0.2, 0.25) is 5.91 Å². The molecule has 1 unspecified atom stereocenters. The van der Waals surface area contributed by atoms with Crippen LogP contribution >= 0.6 is 23.2 Å². The van der Waals surface area contributed by atoms with Gasteiger partial charge in [-0.3, -0.25) is 4.79 Å². The zero-order chi connectivity index (χ0) is 12.4. The Morgan fingerprint density at radius 2 is 2.24 bits per heavy atom. The highest BCUT2D eigenvalue weighted by molar-refractivity contribution is 6.32. The van der Waals surface area contributed by atoms with Crippen molar-refractivity contribution in [1.82, 2.24) is 5.32 Å². The van der Waals surface area contributed by atoms with E-state index in [1.807, 2.05) is 0 Å². The van der Waals surface area contributed by atoms with Crippen LogP contribution in [0.15, 0.2) is 18.2 Å². The molecule has 0 aromatic heterocycles. The van der Waals surface area contributed by atoms with Crippen LogP contribution in [0, 0.1) is 5.82 Å². The van der Waals surface area contributed by atoms with E-state index < -0.39 is 11.2 Å². The number of carbonyl (C=O) groups is 1. The number of rotatable bonds is 4. The fraction of sp³-hybridized carbons (Fsp3) is 0.417. The van der Waals surface area contributed by atoms with E-state index in [0.717, 1.165) is 12.8 Å². The summed E-state index contributed by atoms with van der Waals surface area (Å²) in [6, 6.07) is 4.37. The molecule has 0 radical (unpaired) electrons. The lowest BCUT2D eigenvalue weighted by molar-refractivity contribution is -0.120. The molecule has 1 atom stereocenters. The van der Waals surface area contributed by atoms with Gasteiger partial charge in [-0.25, -0.2) is 4.39 Å². The monoisotopic (exact) mass is 275 g/mol. The predicted molar refractivity (Wildman–Crippen MR) is 65.9 cm³/mol. The summed E-state index contributed by atoms with van der Waals surface area (Å²) in [4.78, 5) is 11.6. The summed E-state index contributed by atoms with van der Waals surface area (Å²) in [5, 5.41) is 2.45. The zero-order valence-electron chi connectivity index (χ0n) is 9.05. The molecule has 1 aliphatic rings. The second-order valence-electron chi connectivity index (χ2n) is 4.19. The first kappa shape index (κ1) is 12.7. The molecule has 0 bridgehead atoms. The molecule has 1 aliphatic carbocycles. The summed E-state index contributed by atoms with van der Waals surface area (Å²) in [6.45, 7) is 0. The van der Waals surface area contributed by atoms with Gasteiger partial charge in [0, 0.05) is 11.1 Å². The van der Waals surface area contributed by atoms with Gasteiger partial charge in [-0.1, -0.05) is 17.7 Å². The smallest absolute Gasteiger partial charge is 0.238 e. The lowest BCUT2D eigenvalue weighted by atomic mass is 10.1. The highest BCUT2D eigenvalue weighted by atomic mass is 35.5. The Bertz CT molecular complexity index is 435. The third-order valence-electron chi connectivity index (χ3n) is 2.62. The average Bonchev–Trinajstić information content (AvgIpc) is 3.06. The molecular weight excluding hydrogens is 264 g/mol. The van der Waals surface area contributed by atoms with E-state index in [2.05, 4.69) is 5.32 Å². The van der Waals surface area contributed by atoms with Gasteiger partial charge in [-0.15, -0.1) is 11.6 Å². The molecule has 17 heavy (non-hydrogen) atoms. The maximum Gasteiger partial charge on any atom is 0.238 e. The SMILES string of the molecule is O=C(NC1CC1)C(Cl)Cc1ccc(F)cc1Cl. The molecular formula is C12H12Cl2FNO. The van der Waals surface area contributed by atoms with Crippen molar-refractivity contribution < 1.29 is 9.18 Å². The Balaban J connectivity index is 1.96. The molecule has 92 valence electrons. The van der Waals surface area contributed by atoms with Crippen LogP contribution in [-0.4, -0.2) is 17.3 Å². The zero-order valence-corrected chi connectivity index (χ0v) is 10.6. The van der Waals surface area contributed by atoms with Crippen molar-refractivity contribution in [3.63, 3.8) is 0 Å². The number of amides is 1. The molecule has 0 saturated heterocycles. The number of benzene rings is 1. The second-order valence-corrected chi connectivity index (χ2v) is 5.12. The van der Waals surface area contributed by atoms with Gasteiger partial charge in [-0.2, -0.15) is 0 Å². The van der Waals surface area contributed by atoms with Gasteiger partial charge in [0.25, 0.3) is 0 Å². The van der Waals surface area contributed by atoms with E-state index >= 15 is 0 Å². The molecule has 1 N–H and O–H groups in total. The molecule has 1 saturated carbocycles. The van der Waals surface area contributed by atoms with Crippen molar-refractivity contribution in [2.75, 3.05) is 0 Å². The maximum atomic E-state index is 12.8. The molecule has 1 aromatic rings. The van der Waals surface area contributed by atoms with Crippen molar-refractivity contribution in [3.05, 3.63) is 34.6 Å². The average molecular weight is 276 g/mol. The summed E-state index contributed by atoms with van der Waals surface area (Å²) in [7, 11) is 0. The number of hydrogen-bond donors (Lipinski definition) is 1. The van der Waals surface area contributed by atoms with E-state index in [0.29, 0.717) is 17.0 Å². The molecule has 0 aliphatic heterocycles. The Morgan fingerprint density at radius 3 is 2.82 bits per heavy atom. The van der Waals surface area contributed by atoms with Crippen LogP contribution in [-0.2, 0) is 11.2 Å². The highest BCUT2D eigenvalue weighted by Gasteiger charge is 2.26. The van der Waals surface area contributed by atoms with E-state index in [1.165, 1.54) is 12.1 Å². The molecule has 1 aromatic carbocycles. The highest BCUT2D eigenvalue weighted by Crippen LogP contribution is 2.22. The predicted octanol–water partition coefficient (Wildman–Crippen LogP) is 2.91. The van der Waals surface area contributed by atoms with Crippen LogP contribution in [0.2, 0.25) is 5.02 Å². The van der Waals surface area contributed by atoms with E-state index in [-0.39, 0.29) is 11.9 Å². The van der Waals surface area contributed by atoms with Crippen molar-refractivity contribution in [1.29, 1.82) is 0 Å². The fourth-order valence-corrected chi connectivity index (χ4v) is 1.97. The largest absolute Gasteiger partial charge is 0.352 e. The quantitative estimate of drug-likeness (QED) is 0.842. The first-order valence-electron chi connectivity index (χ1n) is 5.44. The fourth-order valence-electron chi connectivity index (χ4n) is 1.49. The van der Waals surface area contributed by atoms with Gasteiger partial charge in [-0.05, 0) is 37.0 Å². The van der Waals surface area contributed by atoms with Gasteiger partial charge in [0.1, 0.15) is 11.2 Å². The molecule has 0 spiro atoms. The summed E-state index contributed by atoms with van der Waals surface area (Å²) >= 11 is 11.9. The van der Waals surface area contributed by atoms with E-state index in [9.17, 15) is 9.18 Å². The lowest BCUT2D eigenvalue weighted by Crippen LogP contribution is -2.34. The minimum Gasteiger partial charge on any atom is -0.352 e. The van der Waals surface area contributed by atoms with E-state index in [4.69, 9.17) is 23.2 Å². The van der Waals surface area contributed by atoms with Gasteiger partial charge < -0.3 is 5.32 Å². The lowest BCUT2D eigenvalue weighted by Gasteiger charge is -2.11. The summed E-state index contributed by atoms with van der Waals surface area (Å²) < 4.78 is 12.8.